The van der Waals surface area contributed by atoms with Gasteiger partial charge in [-0.25, -0.2) is 13.8 Å². The van der Waals surface area contributed by atoms with Gasteiger partial charge in [-0.3, -0.25) is 0 Å². The fourth-order valence-corrected chi connectivity index (χ4v) is 1.74. The predicted molar refractivity (Wildman–Crippen MR) is 58.3 cm³/mol. The van der Waals surface area contributed by atoms with Crippen LogP contribution in [-0.4, -0.2) is 14.7 Å². The number of hydrogen-bond donors (Lipinski definition) is 1. The summed E-state index contributed by atoms with van der Waals surface area (Å²) in [5.41, 5.74) is 0.0270. The van der Waals surface area contributed by atoms with Crippen LogP contribution in [0.5, 0.6) is 0 Å². The van der Waals surface area contributed by atoms with Gasteiger partial charge in [0, 0.05) is 6.54 Å². The summed E-state index contributed by atoms with van der Waals surface area (Å²) in [6.07, 6.45) is 1.57. The fourth-order valence-electron chi connectivity index (χ4n) is 1.74. The van der Waals surface area contributed by atoms with Crippen molar-refractivity contribution in [3.05, 3.63) is 53.6 Å². The average Bonchev–Trinajstić information content (AvgIpc) is 2.76. The Kier molecular flexibility index (Phi) is 3.19. The number of hydrogen-bond acceptors (Lipinski definition) is 2. The lowest BCUT2D eigenvalue weighted by Gasteiger charge is -2.14. The third-order valence-electron chi connectivity index (χ3n) is 2.64. The second kappa shape index (κ2) is 4.63. The molecule has 1 atom stereocenters. The lowest BCUT2D eigenvalue weighted by Crippen LogP contribution is -2.10. The molecule has 0 aliphatic rings. The Bertz CT molecular complexity index is 505. The van der Waals surface area contributed by atoms with Gasteiger partial charge in [0.05, 0.1) is 23.8 Å². The lowest BCUT2D eigenvalue weighted by molar-refractivity contribution is 0.199. The second-order valence-corrected chi connectivity index (χ2v) is 3.64. The van der Waals surface area contributed by atoms with Crippen LogP contribution in [0.15, 0.2) is 30.7 Å². The Morgan fingerprint density at radius 1 is 1.35 bits per heavy atom. The monoisotopic (exact) mass is 238 g/mol. The van der Waals surface area contributed by atoms with E-state index < -0.39 is 17.7 Å². The van der Waals surface area contributed by atoms with E-state index in [1.165, 1.54) is 18.6 Å². The first-order valence-corrected chi connectivity index (χ1v) is 5.27. The van der Waals surface area contributed by atoms with Crippen LogP contribution in [0.2, 0.25) is 0 Å². The maximum atomic E-state index is 13.5. The molecule has 0 saturated heterocycles. The zero-order valence-electron chi connectivity index (χ0n) is 9.27. The fraction of sp³-hybridized carbons (Fsp3) is 0.250. The molecule has 0 saturated carbocycles. The second-order valence-electron chi connectivity index (χ2n) is 3.64. The van der Waals surface area contributed by atoms with Crippen molar-refractivity contribution in [1.82, 2.24) is 9.55 Å². The van der Waals surface area contributed by atoms with Crippen molar-refractivity contribution >= 4 is 0 Å². The van der Waals surface area contributed by atoms with Crippen LogP contribution in [0.25, 0.3) is 0 Å². The molecule has 90 valence electrons. The lowest BCUT2D eigenvalue weighted by atomic mass is 10.1. The molecular weight excluding hydrogens is 226 g/mol. The van der Waals surface area contributed by atoms with Crippen molar-refractivity contribution in [2.75, 3.05) is 0 Å². The van der Waals surface area contributed by atoms with E-state index in [1.54, 1.807) is 4.57 Å². The molecule has 5 heteroatoms. The minimum atomic E-state index is -1.35. The highest BCUT2D eigenvalue weighted by atomic mass is 19.1. The molecule has 0 bridgehead atoms. The van der Waals surface area contributed by atoms with Gasteiger partial charge in [-0.15, -0.1) is 0 Å². The SMILES string of the molecule is CCn1cncc1C(O)c1c(F)cccc1F. The molecule has 0 aliphatic carbocycles. The third kappa shape index (κ3) is 2.06. The molecule has 1 N–H and O–H groups in total. The van der Waals surface area contributed by atoms with Crippen LogP contribution < -0.4 is 0 Å². The first-order valence-electron chi connectivity index (χ1n) is 5.27. The molecule has 0 aliphatic heterocycles. The molecule has 2 rings (SSSR count). The van der Waals surface area contributed by atoms with Gasteiger partial charge >= 0.3 is 0 Å². The van der Waals surface area contributed by atoms with Crippen molar-refractivity contribution in [2.45, 2.75) is 19.6 Å². The number of aryl methyl sites for hydroxylation is 1. The smallest absolute Gasteiger partial charge is 0.132 e. The van der Waals surface area contributed by atoms with E-state index in [0.29, 0.717) is 12.2 Å². The van der Waals surface area contributed by atoms with Crippen molar-refractivity contribution in [2.24, 2.45) is 0 Å². The van der Waals surface area contributed by atoms with Crippen molar-refractivity contribution in [3.8, 4) is 0 Å². The van der Waals surface area contributed by atoms with Crippen molar-refractivity contribution < 1.29 is 13.9 Å². The molecule has 2 aromatic rings. The van der Waals surface area contributed by atoms with Gasteiger partial charge in [0.2, 0.25) is 0 Å². The number of benzene rings is 1. The highest BCUT2D eigenvalue weighted by Gasteiger charge is 2.21. The summed E-state index contributed by atoms with van der Waals surface area (Å²) < 4.78 is 28.6. The molecule has 0 fully saturated rings. The van der Waals surface area contributed by atoms with E-state index in [9.17, 15) is 13.9 Å². The van der Waals surface area contributed by atoms with Crippen LogP contribution in [-0.2, 0) is 6.54 Å². The van der Waals surface area contributed by atoms with Crippen LogP contribution in [0, 0.1) is 11.6 Å². The Morgan fingerprint density at radius 2 is 2.00 bits per heavy atom. The number of aliphatic hydroxyl groups is 1. The van der Waals surface area contributed by atoms with Gasteiger partial charge in [0.25, 0.3) is 0 Å². The molecule has 1 aromatic carbocycles. The predicted octanol–water partition coefficient (Wildman–Crippen LogP) is 2.26. The number of aromatic nitrogens is 2. The molecular formula is C12H12F2N2O. The van der Waals surface area contributed by atoms with E-state index in [1.807, 2.05) is 6.92 Å². The Labute approximate surface area is 97.3 Å². The van der Waals surface area contributed by atoms with Gasteiger partial charge in [0.1, 0.15) is 17.7 Å². The third-order valence-corrected chi connectivity index (χ3v) is 2.64. The van der Waals surface area contributed by atoms with Crippen LogP contribution in [0.4, 0.5) is 8.78 Å². The van der Waals surface area contributed by atoms with Gasteiger partial charge < -0.3 is 9.67 Å². The molecule has 3 nitrogen and oxygen atoms in total. The quantitative estimate of drug-likeness (QED) is 0.890. The minimum absolute atomic E-state index is 0.345. The molecule has 0 radical (unpaired) electrons. The Hall–Kier alpha value is -1.75. The highest BCUT2D eigenvalue weighted by Crippen LogP contribution is 2.26. The largest absolute Gasteiger partial charge is 0.382 e. The van der Waals surface area contributed by atoms with E-state index in [-0.39, 0.29) is 5.56 Å². The summed E-state index contributed by atoms with van der Waals surface area (Å²) in [7, 11) is 0. The van der Waals surface area contributed by atoms with E-state index in [4.69, 9.17) is 0 Å². The van der Waals surface area contributed by atoms with Gasteiger partial charge in [-0.2, -0.15) is 0 Å². The Morgan fingerprint density at radius 3 is 2.59 bits per heavy atom. The summed E-state index contributed by atoms with van der Waals surface area (Å²) in [6.45, 7) is 2.43. The summed E-state index contributed by atoms with van der Waals surface area (Å²) in [6, 6.07) is 3.50. The summed E-state index contributed by atoms with van der Waals surface area (Å²) in [5, 5.41) is 10.0. The summed E-state index contributed by atoms with van der Waals surface area (Å²) in [4.78, 5) is 3.86. The molecule has 1 unspecified atom stereocenters. The van der Waals surface area contributed by atoms with Gasteiger partial charge in [-0.1, -0.05) is 6.07 Å². The molecule has 1 aromatic heterocycles. The minimum Gasteiger partial charge on any atom is -0.382 e. The zero-order valence-corrected chi connectivity index (χ0v) is 9.27. The first-order chi connectivity index (χ1) is 8.15. The average molecular weight is 238 g/mol. The summed E-state index contributed by atoms with van der Waals surface area (Å²) in [5.74, 6) is -1.53. The maximum Gasteiger partial charge on any atom is 0.132 e. The number of nitrogens with zero attached hydrogens (tertiary/aromatic N) is 2. The first kappa shape index (κ1) is 11.7. The van der Waals surface area contributed by atoms with Crippen molar-refractivity contribution in [1.29, 1.82) is 0 Å². The molecule has 0 spiro atoms. The number of rotatable bonds is 3. The molecule has 17 heavy (non-hydrogen) atoms. The molecule has 0 amide bonds. The van der Waals surface area contributed by atoms with Crippen LogP contribution >= 0.6 is 0 Å². The standard InChI is InChI=1S/C12H12F2N2O/c1-2-16-7-15-6-10(16)12(17)11-8(13)4-3-5-9(11)14/h3-7,12,17H,2H2,1H3. The van der Waals surface area contributed by atoms with Crippen LogP contribution in [0.1, 0.15) is 24.3 Å². The normalized spacial score (nSPS) is 12.7. The Balaban J connectivity index is 2.47. The van der Waals surface area contributed by atoms with Gasteiger partial charge in [0.15, 0.2) is 0 Å². The maximum absolute atomic E-state index is 13.5. The van der Waals surface area contributed by atoms with Crippen LogP contribution in [0.3, 0.4) is 0 Å². The van der Waals surface area contributed by atoms with E-state index in [2.05, 4.69) is 4.98 Å². The van der Waals surface area contributed by atoms with Gasteiger partial charge in [-0.05, 0) is 19.1 Å². The van der Waals surface area contributed by atoms with E-state index >= 15 is 0 Å². The number of halogens is 2. The highest BCUT2D eigenvalue weighted by molar-refractivity contribution is 5.28. The zero-order chi connectivity index (χ0) is 12.4. The number of imidazole rings is 1. The van der Waals surface area contributed by atoms with Crippen molar-refractivity contribution in [3.63, 3.8) is 0 Å². The number of aliphatic hydroxyl groups excluding tert-OH is 1. The topological polar surface area (TPSA) is 38.0 Å². The summed E-state index contributed by atoms with van der Waals surface area (Å²) >= 11 is 0. The molecule has 1 heterocycles. The van der Waals surface area contributed by atoms with E-state index in [0.717, 1.165) is 12.1 Å².